The number of thioether (sulfide) groups is 1. The Morgan fingerprint density at radius 1 is 1.00 bits per heavy atom. The molecule has 0 saturated carbocycles. The summed E-state index contributed by atoms with van der Waals surface area (Å²) < 4.78 is 7.24. The fraction of sp³-hybridized carbons (Fsp3) is 0.100. The topological polar surface area (TPSA) is 51.5 Å². The van der Waals surface area contributed by atoms with Crippen LogP contribution in [0.5, 0.6) is 5.75 Å². The van der Waals surface area contributed by atoms with Crippen LogP contribution in [-0.2, 0) is 0 Å². The Labute approximate surface area is 156 Å². The lowest BCUT2D eigenvalue weighted by atomic mass is 10.1. The average molecular weight is 362 g/mol. The molecule has 0 bridgehead atoms. The number of pyridine rings is 1. The fourth-order valence-electron chi connectivity index (χ4n) is 2.83. The van der Waals surface area contributed by atoms with Crippen LogP contribution in [-0.4, -0.2) is 28.0 Å². The van der Waals surface area contributed by atoms with Crippen LogP contribution in [0.25, 0.3) is 16.9 Å². The second kappa shape index (κ2) is 7.09. The van der Waals surface area contributed by atoms with Crippen LogP contribution in [0.15, 0.2) is 71.6 Å². The number of anilines is 2. The molecule has 0 atom stereocenters. The number of hydrogen-bond acceptors (Lipinski definition) is 5. The lowest BCUT2D eigenvalue weighted by Gasteiger charge is -2.07. The normalized spacial score (nSPS) is 10.8. The van der Waals surface area contributed by atoms with E-state index >= 15 is 0 Å². The standard InChI is InChI=1S/C20H18N4OS/c1-25-18-11-4-3-9-16(18)21-20-22-19-12-6-10-17(24(19)23-20)14-7-5-8-15(13-14)26-2/h3-13H,1-2H3,(H,21,23). The number of fused-ring (bicyclic) bond motifs is 1. The summed E-state index contributed by atoms with van der Waals surface area (Å²) in [4.78, 5) is 5.81. The SMILES string of the molecule is COc1ccccc1Nc1nc2cccc(-c3cccc(SC)c3)n2n1. The summed E-state index contributed by atoms with van der Waals surface area (Å²) in [5.74, 6) is 1.28. The Bertz CT molecular complexity index is 1060. The zero-order valence-corrected chi connectivity index (χ0v) is 15.3. The van der Waals surface area contributed by atoms with Crippen molar-refractivity contribution in [2.45, 2.75) is 4.90 Å². The van der Waals surface area contributed by atoms with E-state index < -0.39 is 0 Å². The highest BCUT2D eigenvalue weighted by Gasteiger charge is 2.11. The Morgan fingerprint density at radius 2 is 1.85 bits per heavy atom. The Balaban J connectivity index is 1.76. The Kier molecular flexibility index (Phi) is 4.50. The number of methoxy groups -OCH3 is 1. The molecular weight excluding hydrogens is 344 g/mol. The molecule has 4 aromatic rings. The quantitative estimate of drug-likeness (QED) is 0.513. The summed E-state index contributed by atoms with van der Waals surface area (Å²) in [6.07, 6.45) is 2.07. The van der Waals surface area contributed by atoms with Crippen molar-refractivity contribution in [3.8, 4) is 17.0 Å². The van der Waals surface area contributed by atoms with Crippen molar-refractivity contribution in [1.29, 1.82) is 0 Å². The number of hydrogen-bond donors (Lipinski definition) is 1. The number of nitrogens with zero attached hydrogens (tertiary/aromatic N) is 3. The molecular formula is C20H18N4OS. The van der Waals surface area contributed by atoms with Gasteiger partial charge >= 0.3 is 0 Å². The van der Waals surface area contributed by atoms with Crippen LogP contribution < -0.4 is 10.1 Å². The maximum Gasteiger partial charge on any atom is 0.247 e. The maximum absolute atomic E-state index is 5.38. The van der Waals surface area contributed by atoms with Crippen molar-refractivity contribution in [3.05, 3.63) is 66.7 Å². The molecule has 4 rings (SSSR count). The van der Waals surface area contributed by atoms with Crippen molar-refractivity contribution in [3.63, 3.8) is 0 Å². The van der Waals surface area contributed by atoms with Crippen molar-refractivity contribution >= 4 is 29.0 Å². The van der Waals surface area contributed by atoms with Crippen molar-refractivity contribution in [2.24, 2.45) is 0 Å². The second-order valence-electron chi connectivity index (χ2n) is 5.67. The van der Waals surface area contributed by atoms with Crippen molar-refractivity contribution in [2.75, 3.05) is 18.7 Å². The monoisotopic (exact) mass is 362 g/mol. The molecule has 2 heterocycles. The van der Waals surface area contributed by atoms with Gasteiger partial charge in [-0.1, -0.05) is 30.3 Å². The van der Waals surface area contributed by atoms with Crippen LogP contribution in [0.4, 0.5) is 11.6 Å². The predicted octanol–water partition coefficient (Wildman–Crippen LogP) is 4.87. The number of ether oxygens (including phenoxy) is 1. The summed E-state index contributed by atoms with van der Waals surface area (Å²) in [6.45, 7) is 0. The van der Waals surface area contributed by atoms with Crippen molar-refractivity contribution < 1.29 is 4.74 Å². The molecule has 5 nitrogen and oxygen atoms in total. The molecule has 0 spiro atoms. The van der Waals surface area contributed by atoms with E-state index in [1.807, 2.05) is 47.0 Å². The number of benzene rings is 2. The predicted molar refractivity (Wildman–Crippen MR) is 106 cm³/mol. The fourth-order valence-corrected chi connectivity index (χ4v) is 3.29. The first-order chi connectivity index (χ1) is 12.8. The first kappa shape index (κ1) is 16.5. The first-order valence-corrected chi connectivity index (χ1v) is 9.41. The molecule has 2 aromatic carbocycles. The highest BCUT2D eigenvalue weighted by atomic mass is 32.2. The molecule has 1 N–H and O–H groups in total. The summed E-state index contributed by atoms with van der Waals surface area (Å²) >= 11 is 1.72. The number of aromatic nitrogens is 3. The van der Waals surface area contributed by atoms with E-state index in [2.05, 4.69) is 45.9 Å². The van der Waals surface area contributed by atoms with E-state index in [1.54, 1.807) is 18.9 Å². The highest BCUT2D eigenvalue weighted by Crippen LogP contribution is 2.28. The molecule has 2 aromatic heterocycles. The van der Waals surface area contributed by atoms with Gasteiger partial charge in [0.05, 0.1) is 18.5 Å². The third-order valence-corrected chi connectivity index (χ3v) is 4.80. The highest BCUT2D eigenvalue weighted by molar-refractivity contribution is 7.98. The molecule has 0 aliphatic carbocycles. The average Bonchev–Trinajstić information content (AvgIpc) is 3.11. The lowest BCUT2D eigenvalue weighted by Crippen LogP contribution is -1.97. The van der Waals surface area contributed by atoms with Crippen LogP contribution in [0.3, 0.4) is 0 Å². The molecule has 0 aliphatic heterocycles. The van der Waals surface area contributed by atoms with Gasteiger partial charge in [-0.05, 0) is 42.7 Å². The van der Waals surface area contributed by atoms with Gasteiger partial charge in [0.1, 0.15) is 5.75 Å². The Hall–Kier alpha value is -2.99. The zero-order valence-electron chi connectivity index (χ0n) is 14.5. The largest absolute Gasteiger partial charge is 0.495 e. The van der Waals surface area contributed by atoms with Gasteiger partial charge < -0.3 is 10.1 Å². The number of nitrogens with one attached hydrogen (secondary N) is 1. The van der Waals surface area contributed by atoms with E-state index in [9.17, 15) is 0 Å². The van der Waals surface area contributed by atoms with Gasteiger partial charge in [0, 0.05) is 10.5 Å². The van der Waals surface area contributed by atoms with Crippen molar-refractivity contribution in [1.82, 2.24) is 14.6 Å². The molecule has 0 unspecified atom stereocenters. The van der Waals surface area contributed by atoms with Crippen LogP contribution in [0, 0.1) is 0 Å². The summed E-state index contributed by atoms with van der Waals surface area (Å²) in [7, 11) is 1.65. The summed E-state index contributed by atoms with van der Waals surface area (Å²) in [6, 6.07) is 22.1. The summed E-state index contributed by atoms with van der Waals surface area (Å²) in [5, 5.41) is 7.89. The minimum Gasteiger partial charge on any atom is -0.495 e. The first-order valence-electron chi connectivity index (χ1n) is 8.19. The van der Waals surface area contributed by atoms with Gasteiger partial charge in [-0.2, -0.15) is 4.98 Å². The van der Waals surface area contributed by atoms with Gasteiger partial charge in [0.2, 0.25) is 5.95 Å². The second-order valence-corrected chi connectivity index (χ2v) is 6.55. The van der Waals surface area contributed by atoms with Gasteiger partial charge in [-0.15, -0.1) is 16.9 Å². The molecule has 26 heavy (non-hydrogen) atoms. The van der Waals surface area contributed by atoms with Gasteiger partial charge in [-0.3, -0.25) is 0 Å². The van der Waals surface area contributed by atoms with Crippen LogP contribution >= 0.6 is 11.8 Å². The van der Waals surface area contributed by atoms with E-state index in [0.717, 1.165) is 28.3 Å². The molecule has 0 saturated heterocycles. The molecule has 0 amide bonds. The zero-order chi connectivity index (χ0) is 17.9. The minimum atomic E-state index is 0.531. The molecule has 0 aliphatic rings. The number of para-hydroxylation sites is 2. The van der Waals surface area contributed by atoms with E-state index in [-0.39, 0.29) is 0 Å². The molecule has 0 radical (unpaired) electrons. The Morgan fingerprint density at radius 3 is 2.69 bits per heavy atom. The van der Waals surface area contributed by atoms with Gasteiger partial charge in [0.15, 0.2) is 5.65 Å². The van der Waals surface area contributed by atoms with E-state index in [4.69, 9.17) is 4.74 Å². The molecule has 130 valence electrons. The van der Waals surface area contributed by atoms with E-state index in [1.165, 1.54) is 4.90 Å². The smallest absolute Gasteiger partial charge is 0.247 e. The van der Waals surface area contributed by atoms with E-state index in [0.29, 0.717) is 5.95 Å². The van der Waals surface area contributed by atoms with Gasteiger partial charge in [0.25, 0.3) is 0 Å². The lowest BCUT2D eigenvalue weighted by molar-refractivity contribution is 0.417. The van der Waals surface area contributed by atoms with Crippen LogP contribution in [0.1, 0.15) is 0 Å². The minimum absolute atomic E-state index is 0.531. The third kappa shape index (κ3) is 3.11. The number of rotatable bonds is 5. The summed E-state index contributed by atoms with van der Waals surface area (Å²) in [5.41, 5.74) is 3.72. The van der Waals surface area contributed by atoms with Crippen LogP contribution in [0.2, 0.25) is 0 Å². The maximum atomic E-state index is 5.38. The van der Waals surface area contributed by atoms with Gasteiger partial charge in [-0.25, -0.2) is 4.52 Å². The molecule has 6 heteroatoms. The molecule has 0 fully saturated rings. The third-order valence-electron chi connectivity index (χ3n) is 4.08.